The highest BCUT2D eigenvalue weighted by Gasteiger charge is 2.25. The van der Waals surface area contributed by atoms with Gasteiger partial charge in [-0.25, -0.2) is 0 Å². The Bertz CT molecular complexity index is 806. The van der Waals surface area contributed by atoms with Gasteiger partial charge in [-0.1, -0.05) is 18.2 Å². The van der Waals surface area contributed by atoms with Gasteiger partial charge in [0.2, 0.25) is 5.91 Å². The first-order valence-corrected chi connectivity index (χ1v) is 9.35. The molecule has 0 aromatic heterocycles. The Balaban J connectivity index is 1.74. The number of rotatable bonds is 6. The molecule has 0 fully saturated rings. The maximum absolute atomic E-state index is 13.0. The van der Waals surface area contributed by atoms with E-state index in [1.165, 1.54) is 5.56 Å². The van der Waals surface area contributed by atoms with E-state index in [2.05, 4.69) is 11.8 Å². The van der Waals surface area contributed by atoms with Gasteiger partial charge in [-0.3, -0.25) is 9.69 Å². The van der Waals surface area contributed by atoms with Crippen molar-refractivity contribution >= 4 is 11.6 Å². The van der Waals surface area contributed by atoms with E-state index in [1.54, 1.807) is 14.2 Å². The molecule has 5 nitrogen and oxygen atoms in total. The largest absolute Gasteiger partial charge is 0.497 e. The molecule has 144 valence electrons. The number of hydrogen-bond donors (Lipinski definition) is 0. The number of aryl methyl sites for hydroxylation is 1. The van der Waals surface area contributed by atoms with Gasteiger partial charge in [0, 0.05) is 23.8 Å². The van der Waals surface area contributed by atoms with Gasteiger partial charge in [-0.15, -0.1) is 0 Å². The van der Waals surface area contributed by atoms with E-state index < -0.39 is 0 Å². The van der Waals surface area contributed by atoms with E-state index >= 15 is 0 Å². The third kappa shape index (κ3) is 4.08. The summed E-state index contributed by atoms with van der Waals surface area (Å²) < 4.78 is 10.8. The minimum absolute atomic E-state index is 0.0743. The number of carbonyl (C=O) groups excluding carboxylic acids is 1. The van der Waals surface area contributed by atoms with Crippen LogP contribution in [-0.2, 0) is 11.2 Å². The maximum Gasteiger partial charge on any atom is 0.241 e. The molecule has 1 atom stereocenters. The Morgan fingerprint density at radius 2 is 1.96 bits per heavy atom. The lowest BCUT2D eigenvalue weighted by Crippen LogP contribution is -2.42. The van der Waals surface area contributed by atoms with Gasteiger partial charge in [0.1, 0.15) is 11.5 Å². The van der Waals surface area contributed by atoms with Crippen LogP contribution < -0.4 is 14.4 Å². The van der Waals surface area contributed by atoms with Crippen molar-refractivity contribution in [3.63, 3.8) is 0 Å². The number of para-hydroxylation sites is 1. The molecule has 0 spiro atoms. The number of hydrogen-bond acceptors (Lipinski definition) is 4. The quantitative estimate of drug-likeness (QED) is 0.780. The molecule has 1 amide bonds. The molecule has 0 radical (unpaired) electrons. The maximum atomic E-state index is 13.0. The minimum Gasteiger partial charge on any atom is -0.497 e. The lowest BCUT2D eigenvalue weighted by Gasteiger charge is -2.33. The summed E-state index contributed by atoms with van der Waals surface area (Å²) in [6.07, 6.45) is 1.95. The third-order valence-corrected chi connectivity index (χ3v) is 5.34. The second-order valence-electron chi connectivity index (χ2n) is 6.98. The van der Waals surface area contributed by atoms with Gasteiger partial charge in [0.25, 0.3) is 0 Å². The molecule has 0 aliphatic carbocycles. The van der Waals surface area contributed by atoms with Gasteiger partial charge in [-0.05, 0) is 56.6 Å². The fourth-order valence-corrected chi connectivity index (χ4v) is 3.64. The highest BCUT2D eigenvalue weighted by Crippen LogP contribution is 2.32. The van der Waals surface area contributed by atoms with Gasteiger partial charge < -0.3 is 14.4 Å². The number of nitrogens with zero attached hydrogens (tertiary/aromatic N) is 2. The summed E-state index contributed by atoms with van der Waals surface area (Å²) in [7, 11) is 5.32. The molecule has 0 N–H and O–H groups in total. The van der Waals surface area contributed by atoms with Crippen LogP contribution in [0.2, 0.25) is 0 Å². The summed E-state index contributed by atoms with van der Waals surface area (Å²) in [6.45, 7) is 3.21. The molecule has 0 saturated heterocycles. The number of amides is 1. The number of likely N-dealkylation sites (N-methyl/N-ethyl adjacent to an activating group) is 1. The zero-order valence-electron chi connectivity index (χ0n) is 16.6. The van der Waals surface area contributed by atoms with Crippen LogP contribution in [0.1, 0.15) is 30.5 Å². The first-order valence-electron chi connectivity index (χ1n) is 9.35. The minimum atomic E-state index is 0.0743. The van der Waals surface area contributed by atoms with E-state index in [4.69, 9.17) is 9.47 Å². The fourth-order valence-electron chi connectivity index (χ4n) is 3.64. The molecule has 0 bridgehead atoms. The molecular weight excluding hydrogens is 340 g/mol. The van der Waals surface area contributed by atoms with Crippen molar-refractivity contribution in [1.82, 2.24) is 4.90 Å². The summed E-state index contributed by atoms with van der Waals surface area (Å²) in [4.78, 5) is 17.0. The van der Waals surface area contributed by atoms with Crippen LogP contribution >= 0.6 is 0 Å². The van der Waals surface area contributed by atoms with Crippen molar-refractivity contribution in [2.75, 3.05) is 39.3 Å². The van der Waals surface area contributed by atoms with Crippen LogP contribution in [0.15, 0.2) is 42.5 Å². The van der Waals surface area contributed by atoms with Crippen LogP contribution in [0.4, 0.5) is 5.69 Å². The van der Waals surface area contributed by atoms with Gasteiger partial charge in [0.05, 0.1) is 20.8 Å². The smallest absolute Gasteiger partial charge is 0.241 e. The second-order valence-corrected chi connectivity index (χ2v) is 6.98. The Morgan fingerprint density at radius 1 is 1.19 bits per heavy atom. The summed E-state index contributed by atoms with van der Waals surface area (Å²) in [5, 5.41) is 0. The normalized spacial score (nSPS) is 14.6. The molecule has 2 aromatic rings. The van der Waals surface area contributed by atoms with Crippen LogP contribution in [0, 0.1) is 0 Å². The van der Waals surface area contributed by atoms with Crippen LogP contribution in [0.25, 0.3) is 0 Å². The molecule has 3 rings (SSSR count). The molecule has 0 saturated carbocycles. The van der Waals surface area contributed by atoms with Gasteiger partial charge in [0.15, 0.2) is 0 Å². The van der Waals surface area contributed by atoms with Crippen molar-refractivity contribution in [2.45, 2.75) is 25.8 Å². The number of ether oxygens (including phenoxy) is 2. The lowest BCUT2D eigenvalue weighted by atomic mass is 10.0. The highest BCUT2D eigenvalue weighted by atomic mass is 16.5. The van der Waals surface area contributed by atoms with Crippen molar-refractivity contribution in [1.29, 1.82) is 0 Å². The summed E-state index contributed by atoms with van der Waals surface area (Å²) in [5.41, 5.74) is 3.26. The summed E-state index contributed by atoms with van der Waals surface area (Å²) in [5.74, 6) is 1.80. The van der Waals surface area contributed by atoms with Crippen molar-refractivity contribution in [2.24, 2.45) is 0 Å². The average Bonchev–Trinajstić information content (AvgIpc) is 2.71. The molecule has 1 heterocycles. The fraction of sp³-hybridized carbons (Fsp3) is 0.409. The highest BCUT2D eigenvalue weighted by molar-refractivity contribution is 5.96. The standard InChI is InChI=1S/C22H28N2O3/c1-16(19-9-5-6-10-21(19)27-4)23(2)15-22(25)24-13-7-8-17-14-18(26-3)11-12-20(17)24/h5-6,9-12,14,16H,7-8,13,15H2,1-4H3. The molecule has 27 heavy (non-hydrogen) atoms. The second kappa shape index (κ2) is 8.44. The first-order chi connectivity index (χ1) is 13.0. The Hall–Kier alpha value is -2.53. The summed E-state index contributed by atoms with van der Waals surface area (Å²) in [6, 6.07) is 14.0. The molecular formula is C22H28N2O3. The van der Waals surface area contributed by atoms with Crippen molar-refractivity contribution in [3.8, 4) is 11.5 Å². The molecule has 1 aliphatic rings. The number of carbonyl (C=O) groups is 1. The summed E-state index contributed by atoms with van der Waals surface area (Å²) >= 11 is 0. The Morgan fingerprint density at radius 3 is 2.70 bits per heavy atom. The van der Waals surface area contributed by atoms with E-state index in [9.17, 15) is 4.79 Å². The number of fused-ring (bicyclic) bond motifs is 1. The number of anilines is 1. The number of methoxy groups -OCH3 is 2. The molecule has 5 heteroatoms. The van der Waals surface area contributed by atoms with E-state index in [0.29, 0.717) is 6.54 Å². The first kappa shape index (κ1) is 19.2. The predicted octanol–water partition coefficient (Wildman–Crippen LogP) is 3.68. The zero-order valence-corrected chi connectivity index (χ0v) is 16.6. The predicted molar refractivity (Wildman–Crippen MR) is 108 cm³/mol. The topological polar surface area (TPSA) is 42.0 Å². The monoisotopic (exact) mass is 368 g/mol. The molecule has 1 aliphatic heterocycles. The van der Waals surface area contributed by atoms with Crippen molar-refractivity contribution < 1.29 is 14.3 Å². The van der Waals surface area contributed by atoms with Crippen LogP contribution in [0.3, 0.4) is 0 Å². The van der Waals surface area contributed by atoms with Crippen LogP contribution in [-0.4, -0.2) is 45.2 Å². The average molecular weight is 368 g/mol. The molecule has 1 unspecified atom stereocenters. The Labute approximate surface area is 161 Å². The van der Waals surface area contributed by atoms with Gasteiger partial charge >= 0.3 is 0 Å². The Kier molecular flexibility index (Phi) is 6.01. The van der Waals surface area contributed by atoms with E-state index in [1.807, 2.05) is 54.4 Å². The van der Waals surface area contributed by atoms with Crippen molar-refractivity contribution in [3.05, 3.63) is 53.6 Å². The zero-order chi connectivity index (χ0) is 19.4. The third-order valence-electron chi connectivity index (χ3n) is 5.34. The van der Waals surface area contributed by atoms with E-state index in [-0.39, 0.29) is 11.9 Å². The lowest BCUT2D eigenvalue weighted by molar-refractivity contribution is -0.120. The van der Waals surface area contributed by atoms with Crippen LogP contribution in [0.5, 0.6) is 11.5 Å². The SMILES string of the molecule is COc1ccc2c(c1)CCCN2C(=O)CN(C)C(C)c1ccccc1OC. The van der Waals surface area contributed by atoms with Gasteiger partial charge in [-0.2, -0.15) is 0 Å². The van der Waals surface area contributed by atoms with E-state index in [0.717, 1.165) is 42.1 Å². The molecule has 2 aromatic carbocycles. The number of benzene rings is 2.